The van der Waals surface area contributed by atoms with Crippen molar-refractivity contribution in [2.24, 2.45) is 0 Å². The van der Waals surface area contributed by atoms with Crippen LogP contribution in [0, 0.1) is 0 Å². The fraction of sp³-hybridized carbons (Fsp3) is 0.571. The lowest BCUT2D eigenvalue weighted by Crippen LogP contribution is -2.45. The fourth-order valence-corrected chi connectivity index (χ4v) is 2.60. The summed E-state index contributed by atoms with van der Waals surface area (Å²) < 4.78 is 29.0. The first-order valence-corrected chi connectivity index (χ1v) is 6.70. The minimum absolute atomic E-state index is 0. The lowest BCUT2D eigenvalue weighted by atomic mass is 10.0. The highest BCUT2D eigenvalue weighted by Gasteiger charge is 2.21. The van der Waals surface area contributed by atoms with Crippen molar-refractivity contribution >= 4 is 12.4 Å². The minimum Gasteiger partial charge on any atom is -0.435 e. The molecule has 0 aromatic heterocycles. The standard InChI is InChI=1S/C14H20F2N2O.ClH/c1-2-13(18-8-6-17-7-9-18)11-4-3-5-12(10-11)19-14(15)16;/h3-5,10,13-14,17H,2,6-9H2,1H3;1H/t13-;/m1./s1. The minimum atomic E-state index is -2.77. The molecule has 1 aromatic rings. The van der Waals surface area contributed by atoms with Crippen LogP contribution in [0.4, 0.5) is 8.78 Å². The average Bonchev–Trinajstić information content (AvgIpc) is 2.40. The van der Waals surface area contributed by atoms with Gasteiger partial charge in [-0.25, -0.2) is 0 Å². The van der Waals surface area contributed by atoms with Gasteiger partial charge in [-0.15, -0.1) is 12.4 Å². The van der Waals surface area contributed by atoms with E-state index in [0.717, 1.165) is 38.2 Å². The van der Waals surface area contributed by atoms with Gasteiger partial charge in [0.05, 0.1) is 0 Å². The van der Waals surface area contributed by atoms with Crippen LogP contribution in [-0.4, -0.2) is 37.7 Å². The Hall–Kier alpha value is -0.910. The fourth-order valence-electron chi connectivity index (χ4n) is 2.60. The molecule has 20 heavy (non-hydrogen) atoms. The number of rotatable bonds is 5. The molecule has 1 aromatic carbocycles. The number of ether oxygens (including phenoxy) is 1. The Morgan fingerprint density at radius 1 is 1.30 bits per heavy atom. The Bertz CT molecular complexity index is 401. The van der Waals surface area contributed by atoms with E-state index >= 15 is 0 Å². The summed E-state index contributed by atoms with van der Waals surface area (Å²) in [6, 6.07) is 7.32. The molecule has 0 amide bonds. The van der Waals surface area contributed by atoms with E-state index in [1.807, 2.05) is 6.07 Å². The van der Waals surface area contributed by atoms with E-state index in [1.54, 1.807) is 18.2 Å². The number of benzene rings is 1. The Morgan fingerprint density at radius 2 is 2.00 bits per heavy atom. The molecule has 1 N–H and O–H groups in total. The predicted octanol–water partition coefficient (Wildman–Crippen LogP) is 3.07. The molecule has 114 valence electrons. The summed E-state index contributed by atoms with van der Waals surface area (Å²) in [7, 11) is 0. The first-order valence-electron chi connectivity index (χ1n) is 6.70. The van der Waals surface area contributed by atoms with Crippen LogP contribution in [0.2, 0.25) is 0 Å². The molecule has 0 aliphatic carbocycles. The van der Waals surface area contributed by atoms with Crippen LogP contribution in [0.15, 0.2) is 24.3 Å². The van der Waals surface area contributed by atoms with Crippen LogP contribution < -0.4 is 10.1 Å². The van der Waals surface area contributed by atoms with Gasteiger partial charge >= 0.3 is 6.61 Å². The summed E-state index contributed by atoms with van der Waals surface area (Å²) in [6.45, 7) is 3.27. The van der Waals surface area contributed by atoms with E-state index < -0.39 is 6.61 Å². The van der Waals surface area contributed by atoms with Gasteiger partial charge in [0.1, 0.15) is 5.75 Å². The summed E-state index contributed by atoms with van der Waals surface area (Å²) in [5, 5.41) is 3.32. The number of hydrogen-bond acceptors (Lipinski definition) is 3. The molecule has 0 radical (unpaired) electrons. The van der Waals surface area contributed by atoms with Crippen molar-refractivity contribution in [3.8, 4) is 5.75 Å². The van der Waals surface area contributed by atoms with E-state index in [-0.39, 0.29) is 24.2 Å². The molecule has 1 aliphatic rings. The quantitative estimate of drug-likeness (QED) is 0.905. The van der Waals surface area contributed by atoms with Crippen LogP contribution in [0.1, 0.15) is 24.9 Å². The van der Waals surface area contributed by atoms with Gasteiger partial charge in [-0.3, -0.25) is 4.90 Å². The molecule has 1 aliphatic heterocycles. The number of nitrogens with zero attached hydrogens (tertiary/aromatic N) is 1. The molecule has 0 unspecified atom stereocenters. The van der Waals surface area contributed by atoms with Crippen molar-refractivity contribution in [3.63, 3.8) is 0 Å². The van der Waals surface area contributed by atoms with Gasteiger partial charge in [0.2, 0.25) is 0 Å². The van der Waals surface area contributed by atoms with Crippen molar-refractivity contribution < 1.29 is 13.5 Å². The summed E-state index contributed by atoms with van der Waals surface area (Å²) in [5.74, 6) is 0.237. The molecule has 2 rings (SSSR count). The third kappa shape index (κ3) is 4.58. The molecule has 1 heterocycles. The third-order valence-electron chi connectivity index (χ3n) is 3.45. The summed E-state index contributed by atoms with van der Waals surface area (Å²) in [5.41, 5.74) is 1.04. The van der Waals surface area contributed by atoms with Crippen LogP contribution >= 0.6 is 12.4 Å². The Labute approximate surface area is 124 Å². The SMILES string of the molecule is CC[C@H](c1cccc(OC(F)F)c1)N1CCNCC1.Cl. The summed E-state index contributed by atoms with van der Waals surface area (Å²) in [6.07, 6.45) is 0.956. The molecule has 3 nitrogen and oxygen atoms in total. The molecule has 0 bridgehead atoms. The highest BCUT2D eigenvalue weighted by molar-refractivity contribution is 5.85. The molecule has 1 saturated heterocycles. The number of nitrogens with one attached hydrogen (secondary N) is 1. The van der Waals surface area contributed by atoms with E-state index in [0.29, 0.717) is 0 Å². The highest BCUT2D eigenvalue weighted by atomic mass is 35.5. The maximum absolute atomic E-state index is 12.2. The average molecular weight is 307 g/mol. The highest BCUT2D eigenvalue weighted by Crippen LogP contribution is 2.27. The molecule has 1 fully saturated rings. The zero-order valence-corrected chi connectivity index (χ0v) is 12.3. The second-order valence-electron chi connectivity index (χ2n) is 4.66. The Morgan fingerprint density at radius 3 is 2.60 bits per heavy atom. The van der Waals surface area contributed by atoms with Crippen molar-refractivity contribution in [1.29, 1.82) is 0 Å². The van der Waals surface area contributed by atoms with Crippen molar-refractivity contribution in [3.05, 3.63) is 29.8 Å². The normalized spacial score (nSPS) is 17.6. The molecule has 6 heteroatoms. The molecule has 0 spiro atoms. The van der Waals surface area contributed by atoms with Crippen molar-refractivity contribution in [1.82, 2.24) is 10.2 Å². The largest absolute Gasteiger partial charge is 0.435 e. The molecular weight excluding hydrogens is 286 g/mol. The maximum Gasteiger partial charge on any atom is 0.387 e. The second-order valence-corrected chi connectivity index (χ2v) is 4.66. The van der Waals surface area contributed by atoms with E-state index in [4.69, 9.17) is 0 Å². The number of hydrogen-bond donors (Lipinski definition) is 1. The zero-order valence-electron chi connectivity index (χ0n) is 11.5. The smallest absolute Gasteiger partial charge is 0.387 e. The van der Waals surface area contributed by atoms with Crippen molar-refractivity contribution in [2.75, 3.05) is 26.2 Å². The predicted molar refractivity (Wildman–Crippen MR) is 77.8 cm³/mol. The van der Waals surface area contributed by atoms with E-state index in [9.17, 15) is 8.78 Å². The van der Waals surface area contributed by atoms with Gasteiger partial charge in [0.25, 0.3) is 0 Å². The van der Waals surface area contributed by atoms with Gasteiger partial charge < -0.3 is 10.1 Å². The van der Waals surface area contributed by atoms with E-state index in [1.165, 1.54) is 0 Å². The number of halogens is 3. The molecule has 0 saturated carbocycles. The van der Waals surface area contributed by atoms with E-state index in [2.05, 4.69) is 21.9 Å². The van der Waals surface area contributed by atoms with Gasteiger partial charge in [-0.05, 0) is 24.1 Å². The monoisotopic (exact) mass is 306 g/mol. The topological polar surface area (TPSA) is 24.5 Å². The first-order chi connectivity index (χ1) is 9.20. The summed E-state index contributed by atoms with van der Waals surface area (Å²) in [4.78, 5) is 2.39. The van der Waals surface area contributed by atoms with Crippen LogP contribution in [0.3, 0.4) is 0 Å². The summed E-state index contributed by atoms with van der Waals surface area (Å²) >= 11 is 0. The zero-order chi connectivity index (χ0) is 13.7. The number of piperazine rings is 1. The van der Waals surface area contributed by atoms with Crippen molar-refractivity contribution in [2.45, 2.75) is 26.0 Å². The van der Waals surface area contributed by atoms with Crippen LogP contribution in [0.25, 0.3) is 0 Å². The number of alkyl halides is 2. The first kappa shape index (κ1) is 17.1. The van der Waals surface area contributed by atoms with Crippen LogP contribution in [0.5, 0.6) is 5.75 Å². The van der Waals surface area contributed by atoms with Gasteiger partial charge in [-0.1, -0.05) is 19.1 Å². The third-order valence-corrected chi connectivity index (χ3v) is 3.45. The van der Waals surface area contributed by atoms with Gasteiger partial charge in [-0.2, -0.15) is 8.78 Å². The lowest BCUT2D eigenvalue weighted by molar-refractivity contribution is -0.0499. The van der Waals surface area contributed by atoms with Crippen LogP contribution in [-0.2, 0) is 0 Å². The lowest BCUT2D eigenvalue weighted by Gasteiger charge is -2.34. The van der Waals surface area contributed by atoms with Gasteiger partial charge in [0.15, 0.2) is 0 Å². The maximum atomic E-state index is 12.2. The molecule has 1 atom stereocenters. The Balaban J connectivity index is 0.00000200. The second kappa shape index (κ2) is 8.39. The van der Waals surface area contributed by atoms with Gasteiger partial charge in [0, 0.05) is 32.2 Å². The Kier molecular flexibility index (Phi) is 7.19. The molecular formula is C14H21ClF2N2O.